The van der Waals surface area contributed by atoms with Gasteiger partial charge < -0.3 is 5.11 Å². The Bertz CT molecular complexity index is 759. The lowest BCUT2D eigenvalue weighted by Gasteiger charge is -2.13. The van der Waals surface area contributed by atoms with E-state index in [0.717, 1.165) is 17.2 Å². The minimum absolute atomic E-state index is 0.00910. The molecule has 1 heterocycles. The van der Waals surface area contributed by atoms with Gasteiger partial charge in [0.15, 0.2) is 5.82 Å². The normalized spacial score (nSPS) is 12.8. The molecule has 0 unspecified atom stereocenters. The fourth-order valence-electron chi connectivity index (χ4n) is 1.70. The van der Waals surface area contributed by atoms with Crippen molar-refractivity contribution >= 4 is 12.2 Å². The number of hydrogen-bond acceptors (Lipinski definition) is 3. The molecule has 0 aliphatic rings. The molecular formula is C13H7F6N3O2. The molecule has 5 nitrogen and oxygen atoms in total. The standard InChI is InChI=1S/C13H7F6N3O2/c14-12(15,16)8-3-7(4-9(5-8)13(17,18)19)11-20-6-22(21-11)2-1-10(23)24/h1-6H,(H,23,24). The molecule has 24 heavy (non-hydrogen) atoms. The van der Waals surface area contributed by atoms with E-state index in [4.69, 9.17) is 5.11 Å². The van der Waals surface area contributed by atoms with E-state index in [1.165, 1.54) is 0 Å². The highest BCUT2D eigenvalue weighted by Gasteiger charge is 2.37. The summed E-state index contributed by atoms with van der Waals surface area (Å²) in [5, 5.41) is 12.1. The number of alkyl halides is 6. The third kappa shape index (κ3) is 4.12. The largest absolute Gasteiger partial charge is 0.478 e. The maximum atomic E-state index is 12.8. The molecule has 0 bridgehead atoms. The van der Waals surface area contributed by atoms with Crippen LogP contribution in [0.1, 0.15) is 11.1 Å². The van der Waals surface area contributed by atoms with Crippen LogP contribution in [0.4, 0.5) is 26.3 Å². The molecule has 128 valence electrons. The van der Waals surface area contributed by atoms with Crippen LogP contribution in [-0.2, 0) is 17.1 Å². The number of benzene rings is 1. The first kappa shape index (κ1) is 17.5. The molecule has 0 aliphatic carbocycles. The second kappa shape index (κ2) is 5.98. The number of carboxylic acids is 1. The van der Waals surface area contributed by atoms with Gasteiger partial charge in [0.25, 0.3) is 0 Å². The van der Waals surface area contributed by atoms with Crippen molar-refractivity contribution in [2.24, 2.45) is 0 Å². The topological polar surface area (TPSA) is 68.0 Å². The molecule has 0 aliphatic heterocycles. The molecule has 0 atom stereocenters. The molecule has 1 N–H and O–H groups in total. The van der Waals surface area contributed by atoms with Gasteiger partial charge in [-0.3, -0.25) is 0 Å². The predicted molar refractivity (Wildman–Crippen MR) is 68.4 cm³/mol. The minimum Gasteiger partial charge on any atom is -0.478 e. The van der Waals surface area contributed by atoms with Crippen LogP contribution < -0.4 is 0 Å². The Labute approximate surface area is 129 Å². The maximum absolute atomic E-state index is 12.8. The zero-order valence-corrected chi connectivity index (χ0v) is 11.4. The van der Waals surface area contributed by atoms with E-state index in [2.05, 4.69) is 10.1 Å². The smallest absolute Gasteiger partial charge is 0.416 e. The van der Waals surface area contributed by atoms with Crippen LogP contribution >= 0.6 is 0 Å². The summed E-state index contributed by atoms with van der Waals surface area (Å²) in [6.45, 7) is 0. The highest BCUT2D eigenvalue weighted by atomic mass is 19.4. The van der Waals surface area contributed by atoms with Crippen molar-refractivity contribution < 1.29 is 36.2 Å². The minimum atomic E-state index is -4.98. The van der Waals surface area contributed by atoms with E-state index in [0.29, 0.717) is 18.2 Å². The number of hydrogen-bond donors (Lipinski definition) is 1. The molecule has 0 radical (unpaired) electrons. The molecule has 0 fully saturated rings. The van der Waals surface area contributed by atoms with Crippen molar-refractivity contribution in [3.8, 4) is 11.4 Å². The molecule has 2 aromatic rings. The molecule has 0 spiro atoms. The predicted octanol–water partition coefficient (Wildman–Crippen LogP) is 3.54. The van der Waals surface area contributed by atoms with Crippen molar-refractivity contribution in [2.45, 2.75) is 12.4 Å². The lowest BCUT2D eigenvalue weighted by atomic mass is 10.0. The summed E-state index contributed by atoms with van der Waals surface area (Å²) >= 11 is 0. The number of aromatic nitrogens is 3. The van der Waals surface area contributed by atoms with Gasteiger partial charge in [0.05, 0.1) is 11.1 Å². The van der Waals surface area contributed by atoms with Crippen LogP contribution in [0.2, 0.25) is 0 Å². The summed E-state index contributed by atoms with van der Waals surface area (Å²) in [4.78, 5) is 13.9. The van der Waals surface area contributed by atoms with E-state index < -0.39 is 40.8 Å². The van der Waals surface area contributed by atoms with E-state index >= 15 is 0 Å². The van der Waals surface area contributed by atoms with Gasteiger partial charge in [0.1, 0.15) is 6.33 Å². The van der Waals surface area contributed by atoms with Gasteiger partial charge in [0.2, 0.25) is 0 Å². The molecular weight excluding hydrogens is 344 g/mol. The Morgan fingerprint density at radius 3 is 2.04 bits per heavy atom. The number of halogens is 6. The average molecular weight is 351 g/mol. The Kier molecular flexibility index (Phi) is 4.36. The highest BCUT2D eigenvalue weighted by Crippen LogP contribution is 2.37. The number of rotatable bonds is 3. The Balaban J connectivity index is 2.52. The van der Waals surface area contributed by atoms with Crippen molar-refractivity contribution in [3.63, 3.8) is 0 Å². The fraction of sp³-hybridized carbons (Fsp3) is 0.154. The number of nitrogens with zero attached hydrogens (tertiary/aromatic N) is 3. The molecule has 2 rings (SSSR count). The molecule has 1 aromatic heterocycles. The summed E-state index contributed by atoms with van der Waals surface area (Å²) in [6, 6.07) is 0.955. The van der Waals surface area contributed by atoms with Gasteiger partial charge in [0, 0.05) is 17.8 Å². The summed E-state index contributed by atoms with van der Waals surface area (Å²) < 4.78 is 77.5. The Morgan fingerprint density at radius 1 is 1.04 bits per heavy atom. The van der Waals surface area contributed by atoms with Crippen LogP contribution in [0, 0.1) is 0 Å². The fourth-order valence-corrected chi connectivity index (χ4v) is 1.70. The maximum Gasteiger partial charge on any atom is 0.416 e. The lowest BCUT2D eigenvalue weighted by Crippen LogP contribution is -2.11. The third-order valence-electron chi connectivity index (χ3n) is 2.72. The van der Waals surface area contributed by atoms with Crippen LogP contribution in [-0.4, -0.2) is 25.8 Å². The second-order valence-electron chi connectivity index (χ2n) is 4.50. The first-order valence-electron chi connectivity index (χ1n) is 6.09. The molecule has 11 heteroatoms. The summed E-state index contributed by atoms with van der Waals surface area (Å²) in [5.41, 5.74) is -3.49. The summed E-state index contributed by atoms with van der Waals surface area (Å²) in [6.07, 6.45) is -7.42. The van der Waals surface area contributed by atoms with Crippen molar-refractivity contribution in [1.29, 1.82) is 0 Å². The van der Waals surface area contributed by atoms with Gasteiger partial charge in [-0.2, -0.15) is 26.3 Å². The van der Waals surface area contributed by atoms with Crippen LogP contribution in [0.15, 0.2) is 30.6 Å². The summed E-state index contributed by atoms with van der Waals surface area (Å²) in [5.74, 6) is -1.73. The van der Waals surface area contributed by atoms with Crippen LogP contribution in [0.25, 0.3) is 17.6 Å². The van der Waals surface area contributed by atoms with E-state index in [9.17, 15) is 31.1 Å². The van der Waals surface area contributed by atoms with Crippen LogP contribution in [0.5, 0.6) is 0 Å². The molecule has 0 saturated carbocycles. The van der Waals surface area contributed by atoms with Gasteiger partial charge in [-0.25, -0.2) is 14.5 Å². The van der Waals surface area contributed by atoms with E-state index in [-0.39, 0.29) is 6.07 Å². The van der Waals surface area contributed by atoms with Crippen molar-refractivity contribution in [1.82, 2.24) is 14.8 Å². The zero-order valence-electron chi connectivity index (χ0n) is 11.4. The van der Waals surface area contributed by atoms with Gasteiger partial charge in [-0.15, -0.1) is 5.10 Å². The van der Waals surface area contributed by atoms with Gasteiger partial charge in [-0.05, 0) is 18.2 Å². The molecule has 0 saturated heterocycles. The van der Waals surface area contributed by atoms with Gasteiger partial charge >= 0.3 is 18.3 Å². The first-order valence-corrected chi connectivity index (χ1v) is 6.09. The highest BCUT2D eigenvalue weighted by molar-refractivity contribution is 5.82. The SMILES string of the molecule is O=C(O)C=Cn1cnc(-c2cc(C(F)(F)F)cc(C(F)(F)F)c2)n1. The molecule has 0 amide bonds. The Hall–Kier alpha value is -2.85. The number of aliphatic carboxylic acids is 1. The average Bonchev–Trinajstić information content (AvgIpc) is 2.91. The van der Waals surface area contributed by atoms with Crippen molar-refractivity contribution in [2.75, 3.05) is 0 Å². The van der Waals surface area contributed by atoms with Crippen molar-refractivity contribution in [3.05, 3.63) is 41.7 Å². The lowest BCUT2D eigenvalue weighted by molar-refractivity contribution is -0.143. The van der Waals surface area contributed by atoms with Gasteiger partial charge in [-0.1, -0.05) is 0 Å². The quantitative estimate of drug-likeness (QED) is 0.678. The second-order valence-corrected chi connectivity index (χ2v) is 4.50. The summed E-state index contributed by atoms with van der Waals surface area (Å²) in [7, 11) is 0. The van der Waals surface area contributed by atoms with E-state index in [1.807, 2.05) is 0 Å². The van der Waals surface area contributed by atoms with Crippen LogP contribution in [0.3, 0.4) is 0 Å². The van der Waals surface area contributed by atoms with E-state index in [1.54, 1.807) is 0 Å². The first-order chi connectivity index (χ1) is 11.0. The Morgan fingerprint density at radius 2 is 1.58 bits per heavy atom. The third-order valence-corrected chi connectivity index (χ3v) is 2.72. The monoisotopic (exact) mass is 351 g/mol. The number of carbonyl (C=O) groups is 1. The molecule has 1 aromatic carbocycles. The number of carboxylic acid groups (broad SMARTS) is 1. The zero-order chi connectivity index (χ0) is 18.1.